The molecule has 0 aliphatic heterocycles. The minimum absolute atomic E-state index is 0.352. The molecule has 132 valence electrons. The number of aromatic nitrogens is 2. The van der Waals surface area contributed by atoms with Crippen LogP contribution in [0.2, 0.25) is 0 Å². The average molecular weight is 356 g/mol. The fourth-order valence-electron chi connectivity index (χ4n) is 3.63. The maximum atomic E-state index is 12.3. The highest BCUT2D eigenvalue weighted by molar-refractivity contribution is 6.02. The van der Waals surface area contributed by atoms with Gasteiger partial charge in [-0.3, -0.25) is 9.89 Å². The highest BCUT2D eigenvalue weighted by Gasteiger charge is 2.18. The van der Waals surface area contributed by atoms with E-state index in [9.17, 15) is 4.79 Å². The number of benzene rings is 2. The number of hydrogen-bond donors (Lipinski definition) is 2. The van der Waals surface area contributed by atoms with E-state index in [1.165, 1.54) is 28.1 Å². The molecule has 0 bridgehead atoms. The molecule has 2 aromatic carbocycles. The van der Waals surface area contributed by atoms with E-state index in [1.54, 1.807) is 24.5 Å². The molecular formula is C21H16N4O2. The lowest BCUT2D eigenvalue weighted by Gasteiger charge is -2.06. The fraction of sp³-hybridized carbons (Fsp3) is 0.0952. The molecular weight excluding hydrogens is 340 g/mol. The van der Waals surface area contributed by atoms with Gasteiger partial charge in [-0.05, 0) is 52.9 Å². The molecule has 1 aliphatic rings. The summed E-state index contributed by atoms with van der Waals surface area (Å²) in [6.45, 7) is 0. The van der Waals surface area contributed by atoms with Crippen molar-refractivity contribution in [3.63, 3.8) is 0 Å². The molecule has 2 aromatic heterocycles. The average Bonchev–Trinajstić information content (AvgIpc) is 3.44. The molecule has 6 heteroatoms. The van der Waals surface area contributed by atoms with Crippen LogP contribution >= 0.6 is 0 Å². The Morgan fingerprint density at radius 3 is 2.89 bits per heavy atom. The zero-order valence-corrected chi connectivity index (χ0v) is 14.4. The second kappa shape index (κ2) is 6.25. The summed E-state index contributed by atoms with van der Waals surface area (Å²) >= 11 is 0. The number of nitrogens with zero attached hydrogens (tertiary/aromatic N) is 2. The van der Waals surface area contributed by atoms with Crippen molar-refractivity contribution in [2.24, 2.45) is 5.10 Å². The Bertz CT molecular complexity index is 1160. The SMILES string of the molecule is O=C(N/N=C/c1ccco1)c1cc(-c2ccc3c4c(cccc24)CC3)n[nH]1. The molecule has 5 rings (SSSR count). The van der Waals surface area contributed by atoms with E-state index in [4.69, 9.17) is 4.42 Å². The highest BCUT2D eigenvalue weighted by atomic mass is 16.3. The van der Waals surface area contributed by atoms with Crippen LogP contribution in [0.1, 0.15) is 27.4 Å². The zero-order valence-electron chi connectivity index (χ0n) is 14.4. The summed E-state index contributed by atoms with van der Waals surface area (Å²) in [5.41, 5.74) is 7.34. The maximum absolute atomic E-state index is 12.3. The van der Waals surface area contributed by atoms with Crippen LogP contribution in [0.3, 0.4) is 0 Å². The quantitative estimate of drug-likeness (QED) is 0.432. The van der Waals surface area contributed by atoms with Gasteiger partial charge >= 0.3 is 0 Å². The first-order valence-electron chi connectivity index (χ1n) is 8.76. The number of rotatable bonds is 4. The van der Waals surface area contributed by atoms with Crippen molar-refractivity contribution >= 4 is 22.9 Å². The fourth-order valence-corrected chi connectivity index (χ4v) is 3.63. The molecule has 6 nitrogen and oxygen atoms in total. The summed E-state index contributed by atoms with van der Waals surface area (Å²) in [7, 11) is 0. The number of aromatic amines is 1. The lowest BCUT2D eigenvalue weighted by atomic mass is 9.98. The van der Waals surface area contributed by atoms with Crippen LogP contribution in [0.15, 0.2) is 64.3 Å². The van der Waals surface area contributed by atoms with Crippen LogP contribution < -0.4 is 5.43 Å². The minimum atomic E-state index is -0.359. The number of H-pyrrole nitrogens is 1. The number of amides is 1. The van der Waals surface area contributed by atoms with Crippen LogP contribution in [-0.2, 0) is 12.8 Å². The summed E-state index contributed by atoms with van der Waals surface area (Å²) in [6.07, 6.45) is 5.15. The van der Waals surface area contributed by atoms with Crippen LogP contribution in [0.4, 0.5) is 0 Å². The Morgan fingerprint density at radius 1 is 1.15 bits per heavy atom. The Morgan fingerprint density at radius 2 is 2.04 bits per heavy atom. The number of furan rings is 1. The first kappa shape index (κ1) is 15.6. The smallest absolute Gasteiger partial charge is 0.289 e. The van der Waals surface area contributed by atoms with E-state index >= 15 is 0 Å². The molecule has 2 heterocycles. The van der Waals surface area contributed by atoms with Crippen LogP contribution in [0.25, 0.3) is 22.0 Å². The predicted octanol–water partition coefficient (Wildman–Crippen LogP) is 3.69. The Kier molecular flexibility index (Phi) is 3.60. The molecule has 0 saturated heterocycles. The second-order valence-corrected chi connectivity index (χ2v) is 6.49. The summed E-state index contributed by atoms with van der Waals surface area (Å²) in [5.74, 6) is 0.205. The van der Waals surface area contributed by atoms with Gasteiger partial charge in [0.15, 0.2) is 0 Å². The first-order chi connectivity index (χ1) is 13.3. The summed E-state index contributed by atoms with van der Waals surface area (Å²) < 4.78 is 5.13. The topological polar surface area (TPSA) is 83.3 Å². The molecule has 0 spiro atoms. The van der Waals surface area contributed by atoms with Gasteiger partial charge in [0.25, 0.3) is 5.91 Å². The van der Waals surface area contributed by atoms with Gasteiger partial charge in [-0.15, -0.1) is 0 Å². The van der Waals surface area contributed by atoms with Gasteiger partial charge in [0.2, 0.25) is 0 Å². The van der Waals surface area contributed by atoms with Crippen molar-refractivity contribution in [3.8, 4) is 11.3 Å². The molecule has 1 aliphatic carbocycles. The van der Waals surface area contributed by atoms with Gasteiger partial charge in [-0.2, -0.15) is 10.2 Å². The van der Waals surface area contributed by atoms with E-state index in [2.05, 4.69) is 51.1 Å². The summed E-state index contributed by atoms with van der Waals surface area (Å²) in [5, 5.41) is 13.5. The maximum Gasteiger partial charge on any atom is 0.289 e. The third-order valence-corrected chi connectivity index (χ3v) is 4.88. The monoisotopic (exact) mass is 356 g/mol. The second-order valence-electron chi connectivity index (χ2n) is 6.49. The third kappa shape index (κ3) is 2.71. The number of carbonyl (C=O) groups is 1. The van der Waals surface area contributed by atoms with E-state index in [-0.39, 0.29) is 5.91 Å². The molecule has 4 aromatic rings. The minimum Gasteiger partial charge on any atom is -0.463 e. The predicted molar refractivity (Wildman–Crippen MR) is 103 cm³/mol. The van der Waals surface area contributed by atoms with Crippen molar-refractivity contribution in [3.05, 3.63) is 77.4 Å². The van der Waals surface area contributed by atoms with Gasteiger partial charge in [0.05, 0.1) is 18.2 Å². The Labute approximate surface area is 154 Å². The Balaban J connectivity index is 1.43. The van der Waals surface area contributed by atoms with Crippen LogP contribution in [0.5, 0.6) is 0 Å². The van der Waals surface area contributed by atoms with Crippen molar-refractivity contribution in [1.82, 2.24) is 15.6 Å². The van der Waals surface area contributed by atoms with E-state index in [0.29, 0.717) is 11.5 Å². The van der Waals surface area contributed by atoms with Crippen LogP contribution in [-0.4, -0.2) is 22.3 Å². The number of hydrogen-bond acceptors (Lipinski definition) is 4. The van der Waals surface area contributed by atoms with Crippen molar-refractivity contribution in [2.75, 3.05) is 0 Å². The molecule has 2 N–H and O–H groups in total. The van der Waals surface area contributed by atoms with E-state index in [0.717, 1.165) is 24.1 Å². The molecule has 27 heavy (non-hydrogen) atoms. The molecule has 0 saturated carbocycles. The lowest BCUT2D eigenvalue weighted by molar-refractivity contribution is 0.0950. The number of aryl methyl sites for hydroxylation is 2. The molecule has 0 radical (unpaired) electrons. The van der Waals surface area contributed by atoms with Gasteiger partial charge in [-0.1, -0.05) is 30.3 Å². The third-order valence-electron chi connectivity index (χ3n) is 4.88. The molecule has 0 fully saturated rings. The first-order valence-corrected chi connectivity index (χ1v) is 8.76. The van der Waals surface area contributed by atoms with Gasteiger partial charge in [-0.25, -0.2) is 5.43 Å². The normalized spacial score (nSPS) is 12.9. The standard InChI is InChI=1S/C21H16N4O2/c26-21(25-22-12-15-4-2-10-27-15)19-11-18(23-24-19)16-9-8-14-7-6-13-3-1-5-17(16)20(13)14/h1-5,8-12H,6-7H2,(H,23,24)(H,25,26)/b22-12+. The van der Waals surface area contributed by atoms with E-state index < -0.39 is 0 Å². The van der Waals surface area contributed by atoms with Crippen molar-refractivity contribution in [1.29, 1.82) is 0 Å². The van der Waals surface area contributed by atoms with E-state index in [1.807, 2.05) is 0 Å². The molecule has 1 amide bonds. The largest absolute Gasteiger partial charge is 0.463 e. The van der Waals surface area contributed by atoms with Crippen molar-refractivity contribution < 1.29 is 9.21 Å². The summed E-state index contributed by atoms with van der Waals surface area (Å²) in [4.78, 5) is 12.3. The number of nitrogens with one attached hydrogen (secondary N) is 2. The highest BCUT2D eigenvalue weighted by Crippen LogP contribution is 2.36. The number of carbonyl (C=O) groups excluding carboxylic acids is 1. The summed E-state index contributed by atoms with van der Waals surface area (Å²) in [6, 6.07) is 15.9. The van der Waals surface area contributed by atoms with Gasteiger partial charge in [0, 0.05) is 5.56 Å². The molecule has 0 unspecified atom stereocenters. The van der Waals surface area contributed by atoms with Crippen LogP contribution in [0, 0.1) is 0 Å². The van der Waals surface area contributed by atoms with Gasteiger partial charge in [0.1, 0.15) is 11.5 Å². The van der Waals surface area contributed by atoms with Gasteiger partial charge < -0.3 is 4.42 Å². The lowest BCUT2D eigenvalue weighted by Crippen LogP contribution is -2.17. The molecule has 0 atom stereocenters. The van der Waals surface area contributed by atoms with Crippen molar-refractivity contribution in [2.45, 2.75) is 12.8 Å². The Hall–Kier alpha value is -3.67. The number of hydrazone groups is 1. The zero-order chi connectivity index (χ0) is 18.2.